The number of hydrogen-bond acceptors (Lipinski definition) is 9. The van der Waals surface area contributed by atoms with Crippen molar-refractivity contribution in [2.45, 2.75) is 25.2 Å². The summed E-state index contributed by atoms with van der Waals surface area (Å²) >= 11 is 0. The van der Waals surface area contributed by atoms with E-state index in [1.807, 2.05) is 6.07 Å². The van der Waals surface area contributed by atoms with Gasteiger partial charge >= 0.3 is 6.09 Å². The number of rotatable bonds is 10. The van der Waals surface area contributed by atoms with Crippen LogP contribution in [0.1, 0.15) is 12.0 Å². The van der Waals surface area contributed by atoms with E-state index in [0.717, 1.165) is 5.56 Å². The summed E-state index contributed by atoms with van der Waals surface area (Å²) < 4.78 is 18.9. The van der Waals surface area contributed by atoms with Crippen molar-refractivity contribution < 1.29 is 43.4 Å². The van der Waals surface area contributed by atoms with Gasteiger partial charge in [-0.15, -0.1) is 0 Å². The first kappa shape index (κ1) is 21.2. The van der Waals surface area contributed by atoms with Crippen molar-refractivity contribution in [3.8, 4) is 0 Å². The van der Waals surface area contributed by atoms with Gasteiger partial charge in [-0.25, -0.2) is 4.79 Å². The second-order valence-electron chi connectivity index (χ2n) is 4.98. The van der Waals surface area contributed by atoms with Crippen LogP contribution in [0.2, 0.25) is 0 Å². The number of hydrogen-bond donors (Lipinski definition) is 3. The molecular weight excluding hydrogens is 357 g/mol. The van der Waals surface area contributed by atoms with Crippen LogP contribution in [0.3, 0.4) is 0 Å². The molecule has 1 aromatic carbocycles. The van der Waals surface area contributed by atoms with Crippen molar-refractivity contribution in [1.29, 1.82) is 0 Å². The second kappa shape index (κ2) is 10.2. The molecule has 0 aromatic heterocycles. The molecule has 0 aliphatic carbocycles. The molecule has 10 nitrogen and oxygen atoms in total. The number of Topliss-reactive ketones (excluding diaryl/α,β-unsaturated/α-hetero) is 1. The number of amides is 1. The predicted octanol–water partition coefficient (Wildman–Crippen LogP) is -1.56. The monoisotopic (exact) mass is 375 g/mol. The lowest BCUT2D eigenvalue weighted by Crippen LogP contribution is -2.39. The maximum Gasteiger partial charge on any atom is 0.407 e. The van der Waals surface area contributed by atoms with Gasteiger partial charge < -0.3 is 39.1 Å². The molecular formula is C14H18NO9P-2. The van der Waals surface area contributed by atoms with E-state index in [1.165, 1.54) is 0 Å². The molecule has 1 amide bonds. The molecule has 0 radical (unpaired) electrons. The third-order valence-corrected chi connectivity index (χ3v) is 3.43. The lowest BCUT2D eigenvalue weighted by molar-refractivity contribution is -0.341. The summed E-state index contributed by atoms with van der Waals surface area (Å²) in [6.45, 7) is -1.23. The Hall–Kier alpha value is -1.81. The highest BCUT2D eigenvalue weighted by Gasteiger charge is 2.24. The van der Waals surface area contributed by atoms with E-state index in [2.05, 4.69) is 9.84 Å². The Kier molecular flexibility index (Phi) is 8.70. The molecule has 0 fully saturated rings. The Morgan fingerprint density at radius 2 is 1.84 bits per heavy atom. The average molecular weight is 375 g/mol. The molecule has 2 atom stereocenters. The number of carbonyl (C=O) groups excluding carboxylic acids is 2. The predicted molar refractivity (Wildman–Crippen MR) is 79.8 cm³/mol. The van der Waals surface area contributed by atoms with E-state index >= 15 is 0 Å². The Balaban J connectivity index is 2.24. The summed E-state index contributed by atoms with van der Waals surface area (Å²) in [6, 6.07) is 8.92. The van der Waals surface area contributed by atoms with Gasteiger partial charge in [0.1, 0.15) is 19.3 Å². The minimum Gasteiger partial charge on any atom is -0.790 e. The topological polar surface area (TPSA) is 168 Å². The smallest absolute Gasteiger partial charge is 0.407 e. The average Bonchev–Trinajstić information content (AvgIpc) is 2.57. The number of phosphoric ester groups is 1. The molecule has 140 valence electrons. The molecule has 3 N–H and O–H groups in total. The third-order valence-electron chi connectivity index (χ3n) is 2.98. The van der Waals surface area contributed by atoms with Gasteiger partial charge in [-0.1, -0.05) is 30.3 Å². The van der Waals surface area contributed by atoms with Crippen molar-refractivity contribution in [2.75, 3.05) is 13.2 Å². The number of nitrogens with one attached hydrogen (secondary N) is 1. The first-order chi connectivity index (χ1) is 11.7. The Labute approximate surface area is 143 Å². The fraction of sp³-hybridized carbons (Fsp3) is 0.429. The Bertz CT molecular complexity index is 604. The van der Waals surface area contributed by atoms with Crippen LogP contribution in [-0.4, -0.2) is 47.4 Å². The van der Waals surface area contributed by atoms with Crippen molar-refractivity contribution in [3.05, 3.63) is 35.9 Å². The Morgan fingerprint density at radius 1 is 1.20 bits per heavy atom. The van der Waals surface area contributed by atoms with Crippen molar-refractivity contribution in [3.63, 3.8) is 0 Å². The van der Waals surface area contributed by atoms with Crippen molar-refractivity contribution >= 4 is 19.7 Å². The molecule has 0 aliphatic heterocycles. The standard InChI is InChI=1S/C14H20NO9P/c16-11(13(18)12(17)9-24-25(20,21)22)6-7-15-14(19)23-8-10-4-2-1-3-5-10/h1-5,11,13,16,18H,6-9H2,(H,15,19)(H2,20,21,22)/p-2/t11-,13+/m0/s1. The molecule has 0 unspecified atom stereocenters. The van der Waals surface area contributed by atoms with Gasteiger partial charge in [0, 0.05) is 6.54 Å². The van der Waals surface area contributed by atoms with Gasteiger partial charge in [0.05, 0.1) is 13.9 Å². The zero-order chi connectivity index (χ0) is 18.9. The maximum atomic E-state index is 11.4. The number of phosphoric acid groups is 1. The normalized spacial score (nSPS) is 13.8. The van der Waals surface area contributed by atoms with Gasteiger partial charge in [0.25, 0.3) is 0 Å². The maximum absolute atomic E-state index is 11.4. The molecule has 1 rings (SSSR count). The second-order valence-corrected chi connectivity index (χ2v) is 6.13. The van der Waals surface area contributed by atoms with Crippen LogP contribution in [0.5, 0.6) is 0 Å². The van der Waals surface area contributed by atoms with Crippen LogP contribution in [0, 0.1) is 0 Å². The fourth-order valence-corrected chi connectivity index (χ4v) is 1.98. The van der Waals surface area contributed by atoms with E-state index < -0.39 is 38.5 Å². The van der Waals surface area contributed by atoms with E-state index in [-0.39, 0.29) is 19.6 Å². The molecule has 0 aliphatic rings. The van der Waals surface area contributed by atoms with Crippen LogP contribution in [0.25, 0.3) is 0 Å². The highest BCUT2D eigenvalue weighted by Crippen LogP contribution is 2.24. The van der Waals surface area contributed by atoms with Crippen LogP contribution >= 0.6 is 7.82 Å². The molecule has 0 heterocycles. The zero-order valence-corrected chi connectivity index (χ0v) is 14.0. The highest BCUT2D eigenvalue weighted by molar-refractivity contribution is 7.43. The Morgan fingerprint density at radius 3 is 2.44 bits per heavy atom. The van der Waals surface area contributed by atoms with Crippen LogP contribution in [0.4, 0.5) is 4.79 Å². The summed E-state index contributed by atoms with van der Waals surface area (Å²) in [5.41, 5.74) is 0.785. The third kappa shape index (κ3) is 9.30. The summed E-state index contributed by atoms with van der Waals surface area (Å²) in [6.07, 6.45) is -4.49. The van der Waals surface area contributed by atoms with Gasteiger partial charge in [-0.05, 0) is 12.0 Å². The largest absolute Gasteiger partial charge is 0.790 e. The first-order valence-corrected chi connectivity index (χ1v) is 8.65. The number of carbonyl (C=O) groups is 2. The number of aliphatic hydroxyl groups is 2. The van der Waals surface area contributed by atoms with Crippen LogP contribution in [0.15, 0.2) is 30.3 Å². The molecule has 0 spiro atoms. The minimum absolute atomic E-state index is 0.0537. The van der Waals surface area contributed by atoms with Gasteiger partial charge in [-0.3, -0.25) is 4.79 Å². The number of aliphatic hydroxyl groups excluding tert-OH is 2. The highest BCUT2D eigenvalue weighted by atomic mass is 31.2. The number of benzene rings is 1. The lowest BCUT2D eigenvalue weighted by Gasteiger charge is -2.28. The number of alkyl carbamates (subject to hydrolysis) is 1. The summed E-state index contributed by atoms with van der Waals surface area (Å²) in [5, 5.41) is 21.4. The van der Waals surface area contributed by atoms with Crippen molar-refractivity contribution in [1.82, 2.24) is 5.32 Å². The quantitative estimate of drug-likeness (QED) is 0.409. The summed E-state index contributed by atoms with van der Waals surface area (Å²) in [7, 11) is -5.34. The van der Waals surface area contributed by atoms with E-state index in [0.29, 0.717) is 0 Å². The molecule has 1 aromatic rings. The van der Waals surface area contributed by atoms with Gasteiger partial charge in [0.15, 0.2) is 5.78 Å². The van der Waals surface area contributed by atoms with Crippen LogP contribution in [-0.2, 0) is 25.2 Å². The lowest BCUT2D eigenvalue weighted by atomic mass is 10.1. The van der Waals surface area contributed by atoms with E-state index in [9.17, 15) is 34.2 Å². The zero-order valence-electron chi connectivity index (χ0n) is 13.1. The van der Waals surface area contributed by atoms with Crippen LogP contribution < -0.4 is 15.1 Å². The SMILES string of the molecule is O=C(NCC[C@H](O)[C@@H](O)C(=O)COP(=O)([O-])[O-])OCc1ccccc1. The minimum atomic E-state index is -5.34. The van der Waals surface area contributed by atoms with Crippen molar-refractivity contribution in [2.24, 2.45) is 0 Å². The molecule has 25 heavy (non-hydrogen) atoms. The first-order valence-electron chi connectivity index (χ1n) is 7.19. The molecule has 0 bridgehead atoms. The van der Waals surface area contributed by atoms with Gasteiger partial charge in [0.2, 0.25) is 0 Å². The molecule has 0 saturated carbocycles. The summed E-state index contributed by atoms with van der Waals surface area (Å²) in [4.78, 5) is 43.3. The number of ether oxygens (including phenoxy) is 1. The molecule has 11 heteroatoms. The number of ketones is 1. The molecule has 0 saturated heterocycles. The van der Waals surface area contributed by atoms with Gasteiger partial charge in [-0.2, -0.15) is 0 Å². The van der Waals surface area contributed by atoms with E-state index in [1.54, 1.807) is 24.3 Å². The van der Waals surface area contributed by atoms with E-state index in [4.69, 9.17) is 4.74 Å². The summed E-state index contributed by atoms with van der Waals surface area (Å²) in [5.74, 6) is -1.17. The fourth-order valence-electron chi connectivity index (χ4n) is 1.70.